The Morgan fingerprint density at radius 3 is 2.54 bits per heavy atom. The van der Waals surface area contributed by atoms with Gasteiger partial charge in [-0.3, -0.25) is 10.2 Å². The summed E-state index contributed by atoms with van der Waals surface area (Å²) in [7, 11) is 1.32. The first-order valence-electron chi connectivity index (χ1n) is 8.37. The summed E-state index contributed by atoms with van der Waals surface area (Å²) < 4.78 is 4.63. The van der Waals surface area contributed by atoms with Crippen molar-refractivity contribution < 1.29 is 14.3 Å². The standard InChI is InChI=1S/C18H20N6O3.ClH/c1-27-15(25)6-7-24-14(10-23-18(24)26)13-8-21-17(22-9-13)12-4-2-11(3-5-12)16(19)20;/h2-5,8-9,14H,6-7,10H2,1H3,(H3,19,20)(H,23,26);1H. The van der Waals surface area contributed by atoms with E-state index in [9.17, 15) is 9.59 Å². The molecule has 1 aliphatic heterocycles. The minimum Gasteiger partial charge on any atom is -0.469 e. The molecule has 2 heterocycles. The van der Waals surface area contributed by atoms with Gasteiger partial charge in [0.25, 0.3) is 0 Å². The largest absolute Gasteiger partial charge is 0.469 e. The Morgan fingerprint density at radius 1 is 1.32 bits per heavy atom. The number of aromatic nitrogens is 2. The van der Waals surface area contributed by atoms with Crippen LogP contribution in [0.25, 0.3) is 11.4 Å². The van der Waals surface area contributed by atoms with Crippen molar-refractivity contribution in [2.75, 3.05) is 20.2 Å². The third-order valence-corrected chi connectivity index (χ3v) is 4.38. The summed E-state index contributed by atoms with van der Waals surface area (Å²) in [5, 5.41) is 10.2. The van der Waals surface area contributed by atoms with Crippen molar-refractivity contribution in [3.05, 3.63) is 47.8 Å². The second kappa shape index (κ2) is 9.14. The minimum absolute atomic E-state index is 0. The lowest BCUT2D eigenvalue weighted by molar-refractivity contribution is -0.140. The van der Waals surface area contributed by atoms with Crippen LogP contribution in [0.1, 0.15) is 23.6 Å². The highest BCUT2D eigenvalue weighted by molar-refractivity contribution is 5.95. The second-order valence-corrected chi connectivity index (χ2v) is 6.05. The third-order valence-electron chi connectivity index (χ3n) is 4.38. The van der Waals surface area contributed by atoms with Crippen LogP contribution >= 0.6 is 12.4 Å². The number of carbonyl (C=O) groups is 2. The molecule has 148 valence electrons. The van der Waals surface area contributed by atoms with Crippen molar-refractivity contribution in [2.45, 2.75) is 12.5 Å². The van der Waals surface area contributed by atoms with Crippen molar-refractivity contribution in [1.29, 1.82) is 5.41 Å². The zero-order valence-electron chi connectivity index (χ0n) is 15.2. The van der Waals surface area contributed by atoms with E-state index in [4.69, 9.17) is 11.1 Å². The molecular weight excluding hydrogens is 384 g/mol. The molecule has 10 heteroatoms. The van der Waals surface area contributed by atoms with Crippen molar-refractivity contribution in [3.8, 4) is 11.4 Å². The van der Waals surface area contributed by atoms with Crippen molar-refractivity contribution in [1.82, 2.24) is 20.2 Å². The molecule has 1 atom stereocenters. The average Bonchev–Trinajstić information content (AvgIpc) is 3.06. The number of amidine groups is 1. The van der Waals surface area contributed by atoms with Crippen molar-refractivity contribution in [3.63, 3.8) is 0 Å². The van der Waals surface area contributed by atoms with E-state index in [0.717, 1.165) is 11.1 Å². The number of rotatable bonds is 6. The summed E-state index contributed by atoms with van der Waals surface area (Å²) in [5.41, 5.74) is 7.67. The normalized spacial score (nSPS) is 15.5. The molecule has 28 heavy (non-hydrogen) atoms. The van der Waals surface area contributed by atoms with E-state index in [-0.39, 0.29) is 49.3 Å². The van der Waals surface area contributed by atoms with Crippen LogP contribution in [0.2, 0.25) is 0 Å². The molecule has 0 saturated carbocycles. The Labute approximate surface area is 168 Å². The molecule has 4 N–H and O–H groups in total. The molecule has 2 aromatic rings. The number of methoxy groups -OCH3 is 1. The maximum Gasteiger partial charge on any atom is 0.318 e. The Morgan fingerprint density at radius 2 is 1.96 bits per heavy atom. The second-order valence-electron chi connectivity index (χ2n) is 6.05. The number of amides is 2. The van der Waals surface area contributed by atoms with Crippen molar-refractivity contribution >= 4 is 30.2 Å². The predicted molar refractivity (Wildman–Crippen MR) is 105 cm³/mol. The van der Waals surface area contributed by atoms with Crippen LogP contribution in [0.4, 0.5) is 4.79 Å². The molecule has 1 fully saturated rings. The van der Waals surface area contributed by atoms with E-state index in [1.807, 2.05) is 0 Å². The minimum atomic E-state index is -0.367. The van der Waals surface area contributed by atoms with Gasteiger partial charge in [-0.25, -0.2) is 14.8 Å². The van der Waals surface area contributed by atoms with Gasteiger partial charge in [0.2, 0.25) is 0 Å². The van der Waals surface area contributed by atoms with Crippen LogP contribution in [0.5, 0.6) is 0 Å². The number of halogens is 1. The molecule has 1 unspecified atom stereocenters. The molecule has 0 radical (unpaired) electrons. The topological polar surface area (TPSA) is 134 Å². The molecule has 3 rings (SSSR count). The fourth-order valence-electron chi connectivity index (χ4n) is 2.86. The number of hydrogen-bond donors (Lipinski definition) is 3. The van der Waals surface area contributed by atoms with Gasteiger partial charge in [-0.2, -0.15) is 0 Å². The van der Waals surface area contributed by atoms with E-state index >= 15 is 0 Å². The smallest absolute Gasteiger partial charge is 0.318 e. The molecule has 1 saturated heterocycles. The molecule has 0 spiro atoms. The van der Waals surface area contributed by atoms with Gasteiger partial charge in [0, 0.05) is 42.2 Å². The lowest BCUT2D eigenvalue weighted by Gasteiger charge is -2.22. The number of nitrogens with one attached hydrogen (secondary N) is 2. The number of urea groups is 1. The van der Waals surface area contributed by atoms with E-state index < -0.39 is 0 Å². The first-order valence-corrected chi connectivity index (χ1v) is 8.37. The van der Waals surface area contributed by atoms with Gasteiger partial charge in [-0.15, -0.1) is 12.4 Å². The zero-order chi connectivity index (χ0) is 19.4. The monoisotopic (exact) mass is 404 g/mol. The fraction of sp³-hybridized carbons (Fsp3) is 0.278. The summed E-state index contributed by atoms with van der Waals surface area (Å²) in [6.07, 6.45) is 3.48. The molecular formula is C18H21ClN6O3. The molecule has 0 aliphatic carbocycles. The van der Waals surface area contributed by atoms with Crippen LogP contribution in [0.15, 0.2) is 36.7 Å². The number of nitrogens with zero attached hydrogens (tertiary/aromatic N) is 3. The number of esters is 1. The summed E-state index contributed by atoms with van der Waals surface area (Å²) >= 11 is 0. The van der Waals surface area contributed by atoms with Crippen LogP contribution < -0.4 is 11.1 Å². The van der Waals surface area contributed by atoms with Gasteiger partial charge in [0.15, 0.2) is 5.82 Å². The molecule has 1 aromatic carbocycles. The average molecular weight is 405 g/mol. The lowest BCUT2D eigenvalue weighted by atomic mass is 10.1. The maximum absolute atomic E-state index is 12.0. The van der Waals surface area contributed by atoms with Gasteiger partial charge in [-0.05, 0) is 0 Å². The van der Waals surface area contributed by atoms with E-state index in [1.54, 1.807) is 41.6 Å². The fourth-order valence-corrected chi connectivity index (χ4v) is 2.86. The summed E-state index contributed by atoms with van der Waals surface area (Å²) in [5.74, 6) is 0.171. The first kappa shape index (κ1) is 21.1. The Bertz CT molecular complexity index is 857. The molecule has 0 bridgehead atoms. The molecule has 1 aliphatic rings. The number of nitrogen functional groups attached to an aromatic ring is 1. The number of nitrogens with two attached hydrogens (primary N) is 1. The van der Waals surface area contributed by atoms with Crippen LogP contribution in [0, 0.1) is 5.41 Å². The molecule has 1 aromatic heterocycles. The van der Waals surface area contributed by atoms with E-state index in [1.165, 1.54) is 7.11 Å². The van der Waals surface area contributed by atoms with Gasteiger partial charge < -0.3 is 20.7 Å². The first-order chi connectivity index (χ1) is 13.0. The number of carbonyl (C=O) groups excluding carboxylic acids is 2. The molecule has 9 nitrogen and oxygen atoms in total. The number of hydrogen-bond acceptors (Lipinski definition) is 6. The van der Waals surface area contributed by atoms with Gasteiger partial charge in [-0.1, -0.05) is 24.3 Å². The van der Waals surface area contributed by atoms with Gasteiger partial charge in [0.1, 0.15) is 5.84 Å². The Hall–Kier alpha value is -3.20. The van der Waals surface area contributed by atoms with Gasteiger partial charge >= 0.3 is 12.0 Å². The highest BCUT2D eigenvalue weighted by Gasteiger charge is 2.32. The predicted octanol–water partition coefficient (Wildman–Crippen LogP) is 1.48. The number of ether oxygens (including phenoxy) is 1. The van der Waals surface area contributed by atoms with Crippen molar-refractivity contribution in [2.24, 2.45) is 5.73 Å². The summed E-state index contributed by atoms with van der Waals surface area (Å²) in [6, 6.07) is 6.61. The molecule has 2 amide bonds. The summed E-state index contributed by atoms with van der Waals surface area (Å²) in [4.78, 5) is 33.7. The Balaban J connectivity index is 0.00000280. The SMILES string of the molecule is COC(=O)CCN1C(=O)NCC1c1cnc(-c2ccc(C(=N)N)cc2)nc1.Cl. The van der Waals surface area contributed by atoms with Crippen LogP contribution in [-0.4, -0.2) is 52.9 Å². The zero-order valence-corrected chi connectivity index (χ0v) is 16.0. The number of benzene rings is 1. The highest BCUT2D eigenvalue weighted by atomic mass is 35.5. The Kier molecular flexibility index (Phi) is 6.89. The maximum atomic E-state index is 12.0. The highest BCUT2D eigenvalue weighted by Crippen LogP contribution is 2.25. The lowest BCUT2D eigenvalue weighted by Crippen LogP contribution is -2.32. The van der Waals surface area contributed by atoms with E-state index in [2.05, 4.69) is 20.0 Å². The van der Waals surface area contributed by atoms with E-state index in [0.29, 0.717) is 17.9 Å². The van der Waals surface area contributed by atoms with Crippen LogP contribution in [-0.2, 0) is 9.53 Å². The van der Waals surface area contributed by atoms with Gasteiger partial charge in [0.05, 0.1) is 19.6 Å². The quantitative estimate of drug-likeness (QED) is 0.379. The van der Waals surface area contributed by atoms with Crippen LogP contribution in [0.3, 0.4) is 0 Å². The third kappa shape index (κ3) is 4.55. The summed E-state index contributed by atoms with van der Waals surface area (Å²) in [6.45, 7) is 0.688.